The highest BCUT2D eigenvalue weighted by atomic mass is 79.9. The Balaban J connectivity index is 2.80. The summed E-state index contributed by atoms with van der Waals surface area (Å²) in [5, 5.41) is 12.4. The Hall–Kier alpha value is -0.660. The van der Waals surface area contributed by atoms with Crippen molar-refractivity contribution in [2.45, 2.75) is 31.4 Å². The van der Waals surface area contributed by atoms with E-state index in [0.29, 0.717) is 5.56 Å². The molecule has 0 unspecified atom stereocenters. The average Bonchev–Trinajstić information content (AvgIpc) is 2.40. The smallest absolute Gasteiger partial charge is 0.0992 e. The number of thioether (sulfide) groups is 1. The fourth-order valence-corrected chi connectivity index (χ4v) is 3.17. The van der Waals surface area contributed by atoms with Gasteiger partial charge in [0.1, 0.15) is 0 Å². The number of hydrogen-bond acceptors (Lipinski definition) is 3. The summed E-state index contributed by atoms with van der Waals surface area (Å²) in [5.41, 5.74) is 1.68. The third-order valence-corrected chi connectivity index (χ3v) is 5.41. The van der Waals surface area contributed by atoms with Gasteiger partial charge in [0.2, 0.25) is 0 Å². The van der Waals surface area contributed by atoms with Crippen LogP contribution in [0.15, 0.2) is 22.7 Å². The van der Waals surface area contributed by atoms with Crippen LogP contribution in [0.5, 0.6) is 0 Å². The first kappa shape index (κ1) is 15.4. The van der Waals surface area contributed by atoms with Gasteiger partial charge >= 0.3 is 0 Å². The van der Waals surface area contributed by atoms with Gasteiger partial charge in [-0.3, -0.25) is 0 Å². The number of nitrogens with zero attached hydrogens (tertiary/aromatic N) is 1. The molecule has 1 N–H and O–H groups in total. The molecule has 0 bridgehead atoms. The zero-order valence-electron chi connectivity index (χ0n) is 11.1. The van der Waals surface area contributed by atoms with Crippen molar-refractivity contribution < 1.29 is 0 Å². The van der Waals surface area contributed by atoms with E-state index in [1.54, 1.807) is 0 Å². The molecule has 1 aromatic carbocycles. The summed E-state index contributed by atoms with van der Waals surface area (Å²) in [6.45, 7) is 5.37. The first-order valence-corrected chi connectivity index (χ1v) is 8.10. The third kappa shape index (κ3) is 3.93. The van der Waals surface area contributed by atoms with Crippen LogP contribution in [0.2, 0.25) is 0 Å². The van der Waals surface area contributed by atoms with Crippen molar-refractivity contribution in [2.75, 3.05) is 18.1 Å². The molecule has 0 fully saturated rings. The minimum absolute atomic E-state index is 0.273. The average molecular weight is 327 g/mol. The van der Waals surface area contributed by atoms with Crippen LogP contribution in [0.1, 0.15) is 32.3 Å². The molecular formula is C14H19BrN2S. The van der Waals surface area contributed by atoms with Crippen LogP contribution in [0.25, 0.3) is 0 Å². The van der Waals surface area contributed by atoms with Crippen molar-refractivity contribution in [3.63, 3.8) is 0 Å². The molecule has 2 nitrogen and oxygen atoms in total. The minimum Gasteiger partial charge on any atom is -0.384 e. The van der Waals surface area contributed by atoms with Gasteiger partial charge in [0, 0.05) is 21.5 Å². The summed E-state index contributed by atoms with van der Waals surface area (Å²) < 4.78 is 1.21. The lowest BCUT2D eigenvalue weighted by Crippen LogP contribution is -2.31. The molecule has 1 aromatic rings. The Bertz CT molecular complexity index is 428. The monoisotopic (exact) mass is 326 g/mol. The molecule has 0 heterocycles. The molecule has 0 saturated heterocycles. The van der Waals surface area contributed by atoms with Crippen LogP contribution >= 0.6 is 27.7 Å². The molecule has 0 atom stereocenters. The Kier molecular flexibility index (Phi) is 6.04. The van der Waals surface area contributed by atoms with Crippen LogP contribution in [-0.4, -0.2) is 17.5 Å². The maximum atomic E-state index is 8.95. The lowest BCUT2D eigenvalue weighted by Gasteiger charge is -2.30. The van der Waals surface area contributed by atoms with Crippen LogP contribution < -0.4 is 5.32 Å². The fourth-order valence-electron chi connectivity index (χ4n) is 1.88. The van der Waals surface area contributed by atoms with Gasteiger partial charge in [-0.1, -0.05) is 29.8 Å². The number of nitriles is 1. The van der Waals surface area contributed by atoms with Crippen molar-refractivity contribution in [1.29, 1.82) is 5.26 Å². The summed E-state index contributed by atoms with van der Waals surface area (Å²) in [4.78, 5) is 0. The maximum Gasteiger partial charge on any atom is 0.0992 e. The summed E-state index contributed by atoms with van der Waals surface area (Å²) in [6.07, 6.45) is 4.43. The largest absolute Gasteiger partial charge is 0.384 e. The molecule has 0 aliphatic carbocycles. The van der Waals surface area contributed by atoms with Gasteiger partial charge in [0.25, 0.3) is 0 Å². The van der Waals surface area contributed by atoms with E-state index in [1.807, 2.05) is 30.0 Å². The lowest BCUT2D eigenvalue weighted by molar-refractivity contribution is 0.575. The molecule has 0 aliphatic heterocycles. The van der Waals surface area contributed by atoms with Crippen molar-refractivity contribution in [2.24, 2.45) is 0 Å². The van der Waals surface area contributed by atoms with E-state index in [9.17, 15) is 0 Å². The van der Waals surface area contributed by atoms with E-state index >= 15 is 0 Å². The lowest BCUT2D eigenvalue weighted by atomic mass is 10.0. The molecule has 0 aromatic heterocycles. The first-order valence-electron chi connectivity index (χ1n) is 6.09. The maximum absolute atomic E-state index is 8.95. The van der Waals surface area contributed by atoms with Gasteiger partial charge in [-0.25, -0.2) is 0 Å². The Labute approximate surface area is 122 Å². The number of rotatable bonds is 6. The van der Waals surface area contributed by atoms with E-state index in [0.717, 1.165) is 29.5 Å². The summed E-state index contributed by atoms with van der Waals surface area (Å²) >= 11 is 5.34. The summed E-state index contributed by atoms with van der Waals surface area (Å²) in [7, 11) is 0. The summed E-state index contributed by atoms with van der Waals surface area (Å²) in [6, 6.07) is 7.90. The fraction of sp³-hybridized carbons (Fsp3) is 0.500. The predicted octanol–water partition coefficient (Wildman–Crippen LogP) is 4.65. The predicted molar refractivity (Wildman–Crippen MR) is 84.2 cm³/mol. The number of anilines is 1. The van der Waals surface area contributed by atoms with Gasteiger partial charge < -0.3 is 5.32 Å². The number of nitrogens with one attached hydrogen (secondary N) is 1. The molecule has 0 amide bonds. The second kappa shape index (κ2) is 7.06. The van der Waals surface area contributed by atoms with E-state index in [1.165, 1.54) is 0 Å². The quantitative estimate of drug-likeness (QED) is 0.826. The standard InChI is InChI=1S/C14H19BrN2S/c1-4-14(5-2,18-3)10-17-13-7-11(9-16)6-12(15)8-13/h6-8,17H,4-5,10H2,1-3H3. The van der Waals surface area contributed by atoms with Gasteiger partial charge in [-0.2, -0.15) is 17.0 Å². The van der Waals surface area contributed by atoms with Gasteiger partial charge in [-0.05, 0) is 37.3 Å². The van der Waals surface area contributed by atoms with Crippen molar-refractivity contribution in [1.82, 2.24) is 0 Å². The zero-order chi connectivity index (χ0) is 13.6. The molecule has 4 heteroatoms. The van der Waals surface area contributed by atoms with E-state index in [-0.39, 0.29) is 4.75 Å². The Morgan fingerprint density at radius 1 is 1.33 bits per heavy atom. The highest BCUT2D eigenvalue weighted by Gasteiger charge is 2.24. The van der Waals surface area contributed by atoms with Gasteiger partial charge in [0.05, 0.1) is 11.6 Å². The van der Waals surface area contributed by atoms with E-state index in [2.05, 4.69) is 47.4 Å². The second-order valence-electron chi connectivity index (χ2n) is 4.29. The van der Waals surface area contributed by atoms with Crippen molar-refractivity contribution in [3.05, 3.63) is 28.2 Å². The van der Waals surface area contributed by atoms with Crippen molar-refractivity contribution >= 4 is 33.4 Å². The Morgan fingerprint density at radius 2 is 2.00 bits per heavy atom. The molecule has 0 aliphatic rings. The molecule has 18 heavy (non-hydrogen) atoms. The zero-order valence-corrected chi connectivity index (χ0v) is 13.5. The van der Waals surface area contributed by atoms with Crippen LogP contribution in [-0.2, 0) is 0 Å². The van der Waals surface area contributed by atoms with Crippen LogP contribution in [0, 0.1) is 11.3 Å². The molecule has 0 saturated carbocycles. The number of benzene rings is 1. The van der Waals surface area contributed by atoms with E-state index < -0.39 is 0 Å². The van der Waals surface area contributed by atoms with Crippen LogP contribution in [0.4, 0.5) is 5.69 Å². The minimum atomic E-state index is 0.273. The Morgan fingerprint density at radius 3 is 2.50 bits per heavy atom. The van der Waals surface area contributed by atoms with Gasteiger partial charge in [-0.15, -0.1) is 0 Å². The third-order valence-electron chi connectivity index (χ3n) is 3.36. The normalized spacial score (nSPS) is 11.1. The van der Waals surface area contributed by atoms with E-state index in [4.69, 9.17) is 5.26 Å². The molecule has 0 radical (unpaired) electrons. The topological polar surface area (TPSA) is 35.8 Å². The second-order valence-corrected chi connectivity index (χ2v) is 6.48. The molecule has 1 rings (SSSR count). The van der Waals surface area contributed by atoms with Crippen LogP contribution in [0.3, 0.4) is 0 Å². The molecular weight excluding hydrogens is 308 g/mol. The highest BCUT2D eigenvalue weighted by Crippen LogP contribution is 2.31. The SMILES string of the molecule is CCC(CC)(CNc1cc(Br)cc(C#N)c1)SC. The van der Waals surface area contributed by atoms with Crippen molar-refractivity contribution in [3.8, 4) is 6.07 Å². The summed E-state index contributed by atoms with van der Waals surface area (Å²) in [5.74, 6) is 0. The first-order chi connectivity index (χ1) is 8.59. The number of hydrogen-bond donors (Lipinski definition) is 1. The van der Waals surface area contributed by atoms with Gasteiger partial charge in [0.15, 0.2) is 0 Å². The number of halogens is 1. The molecule has 0 spiro atoms. The highest BCUT2D eigenvalue weighted by molar-refractivity contribution is 9.10. The molecule has 98 valence electrons.